The lowest BCUT2D eigenvalue weighted by molar-refractivity contribution is 0.101. The maximum Gasteiger partial charge on any atom is 0.330 e. The number of nitrogens with zero attached hydrogens (tertiary/aromatic N) is 14. The van der Waals surface area contributed by atoms with Gasteiger partial charge in [0.25, 0.3) is 5.56 Å². The molecule has 0 atom stereocenters. The zero-order valence-corrected chi connectivity index (χ0v) is 64.8. The summed E-state index contributed by atoms with van der Waals surface area (Å²) in [5, 5.41) is 17.5. The maximum atomic E-state index is 13.3. The first-order valence-electron chi connectivity index (χ1n) is 36.4. The van der Waals surface area contributed by atoms with Crippen LogP contribution >= 0.6 is 23.2 Å². The van der Waals surface area contributed by atoms with Crippen LogP contribution in [0.5, 0.6) is 23.0 Å². The van der Waals surface area contributed by atoms with Crippen molar-refractivity contribution in [2.75, 3.05) is 137 Å². The van der Waals surface area contributed by atoms with Gasteiger partial charge in [0, 0.05) is 97.4 Å². The second-order valence-electron chi connectivity index (χ2n) is 27.1. The number of rotatable bonds is 28. The number of unbranched alkanes of at least 4 members (excludes halogenated alkanes) is 2. The van der Waals surface area contributed by atoms with Gasteiger partial charge in [0.15, 0.2) is 11.4 Å². The van der Waals surface area contributed by atoms with Gasteiger partial charge in [-0.3, -0.25) is 29.3 Å². The Kier molecular flexibility index (Phi) is 28.5. The van der Waals surface area contributed by atoms with Crippen molar-refractivity contribution in [3.05, 3.63) is 104 Å². The molecule has 0 spiro atoms. The van der Waals surface area contributed by atoms with E-state index < -0.39 is 5.54 Å². The van der Waals surface area contributed by atoms with E-state index in [4.69, 9.17) is 52.1 Å². The fraction of sp³-hybridized carbons (Fsp3) is 0.500. The Morgan fingerprint density at radius 1 is 0.676 bits per heavy atom. The molecule has 0 unspecified atom stereocenters. The largest absolute Gasteiger partial charge is 0.497 e. The highest BCUT2D eigenvalue weighted by molar-refractivity contribution is 6.42. The highest BCUT2D eigenvalue weighted by atomic mass is 35.5. The first-order chi connectivity index (χ1) is 50.5. The Morgan fingerprint density at radius 3 is 1.84 bits per heavy atom. The van der Waals surface area contributed by atoms with E-state index in [0.717, 1.165) is 144 Å². The number of aromatic nitrogens is 9. The number of amides is 4. The van der Waals surface area contributed by atoms with E-state index in [9.17, 15) is 19.2 Å². The molecule has 27 nitrogen and oxygen atoms in total. The number of fused-ring (bicyclic) bond motifs is 3. The number of piperidine rings is 1. The van der Waals surface area contributed by atoms with Gasteiger partial charge in [0.1, 0.15) is 56.1 Å². The van der Waals surface area contributed by atoms with Crippen LogP contribution in [0, 0.1) is 6.92 Å². The smallest absolute Gasteiger partial charge is 0.330 e. The molecule has 11 rings (SSSR count). The molecule has 29 heteroatoms. The summed E-state index contributed by atoms with van der Waals surface area (Å²) in [6.45, 7) is 28.0. The molecule has 8 heterocycles. The monoisotopic (exact) mass is 1480 g/mol. The zero-order valence-electron chi connectivity index (χ0n) is 63.3. The number of hydrogen-bond acceptors (Lipinski definition) is 22. The van der Waals surface area contributed by atoms with E-state index >= 15 is 0 Å². The molecule has 0 bridgehead atoms. The van der Waals surface area contributed by atoms with Crippen molar-refractivity contribution in [1.82, 2.24) is 59.6 Å². The summed E-state index contributed by atoms with van der Waals surface area (Å²) >= 11 is 13.1. The molecule has 4 amide bonds. The summed E-state index contributed by atoms with van der Waals surface area (Å²) in [5.74, 6) is 4.72. The Hall–Kier alpha value is -9.44. The van der Waals surface area contributed by atoms with E-state index in [1.54, 1.807) is 63.5 Å². The second kappa shape index (κ2) is 37.5. The number of methoxy groups -OCH3 is 4. The van der Waals surface area contributed by atoms with Gasteiger partial charge < -0.3 is 54.9 Å². The topological polar surface area (TPSA) is 290 Å². The number of ether oxygens (including phenoxy) is 4. The second-order valence-corrected chi connectivity index (χ2v) is 27.9. The minimum absolute atomic E-state index is 0.0587. The van der Waals surface area contributed by atoms with Gasteiger partial charge in [-0.1, -0.05) is 63.7 Å². The maximum absolute atomic E-state index is 13.3. The number of Topliss-reactive ketones (excluding diaryl/α,β-unsaturated/α-hetero) is 1. The average molecular weight is 1480 g/mol. The molecule has 6 aromatic heterocycles. The van der Waals surface area contributed by atoms with Crippen LogP contribution in [0.2, 0.25) is 10.0 Å². The molecule has 1 aliphatic carbocycles. The molecule has 5 N–H and O–H groups in total. The summed E-state index contributed by atoms with van der Waals surface area (Å²) in [4.78, 5) is 98.4. The van der Waals surface area contributed by atoms with Crippen LogP contribution in [0.3, 0.4) is 0 Å². The quantitative estimate of drug-likeness (QED) is 0.0225. The highest BCUT2D eigenvalue weighted by Gasteiger charge is 2.35. The van der Waals surface area contributed by atoms with Gasteiger partial charge in [0.05, 0.1) is 58.1 Å². The molecule has 2 aliphatic heterocycles. The van der Waals surface area contributed by atoms with Crippen molar-refractivity contribution in [2.45, 2.75) is 151 Å². The average Bonchev–Trinajstić information content (AvgIpc) is 1.50. The highest BCUT2D eigenvalue weighted by Crippen LogP contribution is 2.48. The summed E-state index contributed by atoms with van der Waals surface area (Å²) in [5.41, 5.74) is 4.98. The molecule has 564 valence electrons. The van der Waals surface area contributed by atoms with Crippen molar-refractivity contribution < 1.29 is 33.3 Å². The fourth-order valence-corrected chi connectivity index (χ4v) is 13.8. The van der Waals surface area contributed by atoms with Crippen molar-refractivity contribution >= 4 is 110 Å². The molecule has 0 radical (unpaired) electrons. The minimum Gasteiger partial charge on any atom is -0.497 e. The van der Waals surface area contributed by atoms with Crippen molar-refractivity contribution in [3.63, 3.8) is 0 Å². The van der Waals surface area contributed by atoms with E-state index in [-0.39, 0.29) is 51.6 Å². The van der Waals surface area contributed by atoms with Crippen molar-refractivity contribution in [3.8, 4) is 34.1 Å². The molecular weight excluding hydrogens is 1380 g/mol. The third kappa shape index (κ3) is 20.3. The Morgan fingerprint density at radius 2 is 1.28 bits per heavy atom. The number of anilines is 8. The van der Waals surface area contributed by atoms with Gasteiger partial charge in [-0.2, -0.15) is 15.0 Å². The predicted molar refractivity (Wildman–Crippen MR) is 420 cm³/mol. The Labute approximate surface area is 625 Å². The van der Waals surface area contributed by atoms with E-state index in [1.165, 1.54) is 50.2 Å². The number of carbonyl (C=O) groups excluding carboxylic acids is 3. The number of carbonyl (C=O) groups is 3. The van der Waals surface area contributed by atoms with Crippen LogP contribution in [-0.4, -0.2) is 179 Å². The molecular formula is C76H103Cl2N19O8. The first-order valence-corrected chi connectivity index (χ1v) is 37.1. The summed E-state index contributed by atoms with van der Waals surface area (Å²) in [6.07, 6.45) is 19.0. The molecule has 8 aromatic rings. The Bertz CT molecular complexity index is 4300. The minimum atomic E-state index is -0.412. The number of nitrogens with one attached hydrogen (secondary N) is 5. The van der Waals surface area contributed by atoms with Crippen LogP contribution in [0.15, 0.2) is 72.0 Å². The molecule has 1 saturated heterocycles. The summed E-state index contributed by atoms with van der Waals surface area (Å²) in [6, 6.07) is 12.4. The van der Waals surface area contributed by atoms with Crippen LogP contribution in [-0.2, 0) is 6.54 Å². The predicted octanol–water partition coefficient (Wildman–Crippen LogP) is 14.6. The van der Waals surface area contributed by atoms with Gasteiger partial charge in [0.2, 0.25) is 17.8 Å². The standard InChI is InChI=1S/C28H41N7O3.C25H30N6O2.C23H32Cl2N6O3/c1-8-35(9-2)13-11-10-12-29-26-30-18-20-16-23(19-14-21(37-6)17-22(15-19)38-7)25(31-24(20)32-26)33-27(36)34-28(3,4)5;1-16-20-15-27-25(28-21-11-10-19(14-26-21)30-12-6-3-7-13-30)29-23(20)31(18-8-4-5-9-18)24(33)22(16)17(2)32;1-6-30(7-2)11-9-8-10-26-22-27-13-15-14-31(23(32)29(3)21(15)28-22)20-18(24)16(33-4)12-17(34-5)19(20)25/h14-18H,8-13H2,1-7H3,(H3,29,30,31,32,33,34,36);10-11,14-15,18H,3-9,12-13H2,1-2H3,(H,26,27,28,29);12-13H,6-11,14H2,1-5H3,(H,26,27,28). The normalized spacial score (nSPS) is 13.8. The van der Waals surface area contributed by atoms with Gasteiger partial charge in [-0.25, -0.2) is 34.5 Å². The van der Waals surface area contributed by atoms with E-state index in [1.807, 2.05) is 51.2 Å². The number of pyridine rings is 3. The fourth-order valence-electron chi connectivity index (χ4n) is 13.1. The van der Waals surface area contributed by atoms with E-state index in [2.05, 4.69) is 105 Å². The SMILES string of the molecule is CC(=O)c1c(C)c2cnc(Nc3ccc(N4CCCCC4)cn3)nc2n(C2CCCC2)c1=O.CCN(CC)CCCCNc1ncc2c(n1)N(C)C(=O)N(c1c(Cl)c(OC)cc(OC)c1Cl)C2.CCN(CC)CCCCNc1ncc2cc(-c3cc(OC)cc(OC)c3)c(NC(=O)NC(C)(C)C)nc2n1. The number of benzene rings is 2. The van der Waals surface area contributed by atoms with Crippen molar-refractivity contribution in [1.29, 1.82) is 0 Å². The number of urea groups is 2. The van der Waals surface area contributed by atoms with E-state index in [0.29, 0.717) is 86.4 Å². The zero-order chi connectivity index (χ0) is 75.5. The first kappa shape index (κ1) is 79.7. The number of ketones is 1. The molecule has 3 aliphatic rings. The van der Waals surface area contributed by atoms with Gasteiger partial charge in [-0.05, 0) is 173 Å². The Balaban J connectivity index is 0.000000183. The van der Waals surface area contributed by atoms with Crippen LogP contribution < -0.4 is 65.8 Å². The molecule has 1 saturated carbocycles. The lowest BCUT2D eigenvalue weighted by Gasteiger charge is -2.35. The third-order valence-electron chi connectivity index (χ3n) is 18.9. The lowest BCUT2D eigenvalue weighted by atomic mass is 10.0. The van der Waals surface area contributed by atoms with Crippen LogP contribution in [0.4, 0.5) is 56.3 Å². The van der Waals surface area contributed by atoms with Crippen molar-refractivity contribution in [2.24, 2.45) is 0 Å². The summed E-state index contributed by atoms with van der Waals surface area (Å²) < 4.78 is 23.3. The lowest BCUT2D eigenvalue weighted by Crippen LogP contribution is -2.46. The van der Waals surface area contributed by atoms with Crippen LogP contribution in [0.25, 0.3) is 33.2 Å². The molecule has 105 heavy (non-hydrogen) atoms. The number of hydrogen-bond donors (Lipinski definition) is 5. The number of halogens is 2. The van der Waals surface area contributed by atoms with Gasteiger partial charge >= 0.3 is 12.1 Å². The summed E-state index contributed by atoms with van der Waals surface area (Å²) in [7, 11) is 7.83. The third-order valence-corrected chi connectivity index (χ3v) is 19.6. The molecule has 2 fully saturated rings. The van der Waals surface area contributed by atoms with Gasteiger partial charge in [-0.15, -0.1) is 0 Å². The molecule has 2 aromatic carbocycles. The number of aryl methyl sites for hydroxylation is 1. The van der Waals surface area contributed by atoms with Crippen LogP contribution in [0.1, 0.15) is 154 Å².